The molecule has 5 heteroatoms. The standard InChI is InChI=1S/C19H14ClNO3/c20-15-6-4-14-5-8-16(21-18(14)11-15)7-1-13-2-9-17(10-3-13)24-12-19(22)23/h1-11H,12H2,(H,22,23)/b7-1+. The molecule has 0 saturated heterocycles. The number of nitrogens with zero attached hydrogens (tertiary/aromatic N) is 1. The van der Waals surface area contributed by atoms with Crippen LogP contribution in [0.15, 0.2) is 54.6 Å². The van der Waals surface area contributed by atoms with Crippen LogP contribution in [0.3, 0.4) is 0 Å². The maximum Gasteiger partial charge on any atom is 0.341 e. The summed E-state index contributed by atoms with van der Waals surface area (Å²) in [5, 5.41) is 10.3. The molecule has 0 spiro atoms. The van der Waals surface area contributed by atoms with Crippen LogP contribution in [0.4, 0.5) is 0 Å². The van der Waals surface area contributed by atoms with Gasteiger partial charge in [-0.15, -0.1) is 0 Å². The van der Waals surface area contributed by atoms with Gasteiger partial charge in [-0.3, -0.25) is 0 Å². The summed E-state index contributed by atoms with van der Waals surface area (Å²) in [5.74, 6) is -0.477. The first-order valence-corrected chi connectivity index (χ1v) is 7.67. The molecule has 0 atom stereocenters. The maximum absolute atomic E-state index is 10.5. The molecule has 0 saturated carbocycles. The van der Waals surface area contributed by atoms with Crippen molar-refractivity contribution in [3.63, 3.8) is 0 Å². The summed E-state index contributed by atoms with van der Waals surface area (Å²) in [4.78, 5) is 15.0. The van der Waals surface area contributed by atoms with Gasteiger partial charge in [0.25, 0.3) is 0 Å². The van der Waals surface area contributed by atoms with Gasteiger partial charge in [0.05, 0.1) is 11.2 Å². The van der Waals surface area contributed by atoms with E-state index < -0.39 is 5.97 Å². The SMILES string of the molecule is O=C(O)COc1ccc(/C=C/c2ccc3ccc(Cl)cc3n2)cc1. The summed E-state index contributed by atoms with van der Waals surface area (Å²) in [6.07, 6.45) is 3.84. The van der Waals surface area contributed by atoms with Gasteiger partial charge in [-0.1, -0.05) is 41.9 Å². The van der Waals surface area contributed by atoms with Crippen molar-refractivity contribution >= 4 is 40.6 Å². The number of hydrogen-bond donors (Lipinski definition) is 1. The van der Waals surface area contributed by atoms with Crippen molar-refractivity contribution in [1.29, 1.82) is 0 Å². The average molecular weight is 340 g/mol. The van der Waals surface area contributed by atoms with Crippen molar-refractivity contribution in [2.24, 2.45) is 0 Å². The summed E-state index contributed by atoms with van der Waals surface area (Å²) in [6.45, 7) is -0.348. The van der Waals surface area contributed by atoms with Crippen molar-refractivity contribution in [3.8, 4) is 5.75 Å². The highest BCUT2D eigenvalue weighted by molar-refractivity contribution is 6.31. The van der Waals surface area contributed by atoms with Gasteiger partial charge in [-0.05, 0) is 42.0 Å². The molecule has 120 valence electrons. The minimum atomic E-state index is -0.999. The van der Waals surface area contributed by atoms with Crippen molar-refractivity contribution in [3.05, 3.63) is 70.9 Å². The number of carboxylic acid groups (broad SMARTS) is 1. The Morgan fingerprint density at radius 2 is 1.83 bits per heavy atom. The second-order valence-electron chi connectivity index (χ2n) is 5.16. The smallest absolute Gasteiger partial charge is 0.341 e. The highest BCUT2D eigenvalue weighted by Crippen LogP contribution is 2.19. The van der Waals surface area contributed by atoms with Gasteiger partial charge in [0.15, 0.2) is 6.61 Å². The molecule has 0 fully saturated rings. The minimum absolute atomic E-state index is 0.348. The number of carboxylic acids is 1. The van der Waals surface area contributed by atoms with E-state index in [1.807, 2.05) is 54.6 Å². The number of fused-ring (bicyclic) bond motifs is 1. The zero-order chi connectivity index (χ0) is 16.9. The Kier molecular flexibility index (Phi) is 4.77. The number of halogens is 1. The van der Waals surface area contributed by atoms with Gasteiger partial charge in [0, 0.05) is 10.4 Å². The molecule has 24 heavy (non-hydrogen) atoms. The van der Waals surface area contributed by atoms with E-state index in [9.17, 15) is 4.79 Å². The molecule has 0 bridgehead atoms. The Morgan fingerprint density at radius 3 is 2.58 bits per heavy atom. The molecular weight excluding hydrogens is 326 g/mol. The topological polar surface area (TPSA) is 59.4 Å². The molecule has 4 nitrogen and oxygen atoms in total. The Hall–Kier alpha value is -2.85. The monoisotopic (exact) mass is 339 g/mol. The van der Waals surface area contributed by atoms with Gasteiger partial charge in [-0.2, -0.15) is 0 Å². The van der Waals surface area contributed by atoms with Crippen LogP contribution in [0.1, 0.15) is 11.3 Å². The summed E-state index contributed by atoms with van der Waals surface area (Å²) >= 11 is 6.00. The summed E-state index contributed by atoms with van der Waals surface area (Å²) in [7, 11) is 0. The van der Waals surface area contributed by atoms with Crippen LogP contribution in [-0.2, 0) is 4.79 Å². The van der Waals surface area contributed by atoms with Crippen molar-refractivity contribution in [1.82, 2.24) is 4.98 Å². The molecule has 0 radical (unpaired) electrons. The highest BCUT2D eigenvalue weighted by atomic mass is 35.5. The first-order valence-electron chi connectivity index (χ1n) is 7.29. The molecule has 0 amide bonds. The van der Waals surface area contributed by atoms with Crippen molar-refractivity contribution in [2.45, 2.75) is 0 Å². The number of rotatable bonds is 5. The first kappa shape index (κ1) is 16.0. The van der Waals surface area contributed by atoms with E-state index in [0.29, 0.717) is 10.8 Å². The molecule has 0 aliphatic heterocycles. The molecular formula is C19H14ClNO3. The number of aliphatic carboxylic acids is 1. The molecule has 0 aliphatic rings. The predicted octanol–water partition coefficient (Wildman–Crippen LogP) is 4.52. The van der Waals surface area contributed by atoms with E-state index in [0.717, 1.165) is 22.2 Å². The lowest BCUT2D eigenvalue weighted by Crippen LogP contribution is -2.09. The fourth-order valence-electron chi connectivity index (χ4n) is 2.20. The van der Waals surface area contributed by atoms with E-state index >= 15 is 0 Å². The molecule has 3 rings (SSSR count). The van der Waals surface area contributed by atoms with Gasteiger partial charge in [-0.25, -0.2) is 9.78 Å². The third kappa shape index (κ3) is 4.12. The normalized spacial score (nSPS) is 11.0. The number of aromatic nitrogens is 1. The van der Waals surface area contributed by atoms with E-state index in [-0.39, 0.29) is 6.61 Å². The molecule has 0 aliphatic carbocycles. The Balaban J connectivity index is 1.74. The zero-order valence-corrected chi connectivity index (χ0v) is 13.4. The third-order valence-corrected chi connectivity index (χ3v) is 3.60. The van der Waals surface area contributed by atoms with Crippen molar-refractivity contribution < 1.29 is 14.6 Å². The quantitative estimate of drug-likeness (QED) is 0.742. The molecule has 1 heterocycles. The lowest BCUT2D eigenvalue weighted by Gasteiger charge is -2.03. The minimum Gasteiger partial charge on any atom is -0.482 e. The highest BCUT2D eigenvalue weighted by Gasteiger charge is 1.99. The van der Waals surface area contributed by atoms with Crippen LogP contribution in [0.25, 0.3) is 23.1 Å². The molecule has 2 aromatic carbocycles. The fourth-order valence-corrected chi connectivity index (χ4v) is 2.37. The van der Waals surface area contributed by atoms with E-state index in [2.05, 4.69) is 4.98 Å². The molecule has 0 unspecified atom stereocenters. The van der Waals surface area contributed by atoms with Crippen LogP contribution in [0, 0.1) is 0 Å². The van der Waals surface area contributed by atoms with E-state index in [1.54, 1.807) is 12.1 Å². The average Bonchev–Trinajstić information content (AvgIpc) is 2.58. The summed E-state index contributed by atoms with van der Waals surface area (Å²) in [5.41, 5.74) is 2.64. The van der Waals surface area contributed by atoms with Crippen molar-refractivity contribution in [2.75, 3.05) is 6.61 Å². The summed E-state index contributed by atoms with van der Waals surface area (Å²) < 4.78 is 5.10. The van der Waals surface area contributed by atoms with E-state index in [4.69, 9.17) is 21.4 Å². The van der Waals surface area contributed by atoms with Gasteiger partial charge in [0.1, 0.15) is 5.75 Å². The number of benzene rings is 2. The second kappa shape index (κ2) is 7.15. The van der Waals surface area contributed by atoms with Crippen LogP contribution in [0.2, 0.25) is 5.02 Å². The molecule has 3 aromatic rings. The largest absolute Gasteiger partial charge is 0.482 e. The predicted molar refractivity (Wildman–Crippen MR) is 95.3 cm³/mol. The molecule has 1 N–H and O–H groups in total. The third-order valence-electron chi connectivity index (χ3n) is 3.36. The first-order chi connectivity index (χ1) is 11.6. The summed E-state index contributed by atoms with van der Waals surface area (Å²) in [6, 6.07) is 16.7. The van der Waals surface area contributed by atoms with E-state index in [1.165, 1.54) is 0 Å². The number of hydrogen-bond acceptors (Lipinski definition) is 3. The zero-order valence-electron chi connectivity index (χ0n) is 12.6. The fraction of sp³-hybridized carbons (Fsp3) is 0.0526. The van der Waals surface area contributed by atoms with Gasteiger partial charge in [0.2, 0.25) is 0 Å². The maximum atomic E-state index is 10.5. The Bertz CT molecular complexity index is 904. The van der Waals surface area contributed by atoms with Crippen LogP contribution in [0.5, 0.6) is 5.75 Å². The Labute approximate surface area is 144 Å². The van der Waals surface area contributed by atoms with Gasteiger partial charge >= 0.3 is 5.97 Å². The van der Waals surface area contributed by atoms with Crippen LogP contribution < -0.4 is 4.74 Å². The number of carbonyl (C=O) groups is 1. The van der Waals surface area contributed by atoms with Gasteiger partial charge < -0.3 is 9.84 Å². The second-order valence-corrected chi connectivity index (χ2v) is 5.59. The Morgan fingerprint density at radius 1 is 1.08 bits per heavy atom. The lowest BCUT2D eigenvalue weighted by atomic mass is 10.1. The number of ether oxygens (including phenoxy) is 1. The lowest BCUT2D eigenvalue weighted by molar-refractivity contribution is -0.139. The molecule has 1 aromatic heterocycles. The van der Waals surface area contributed by atoms with Crippen LogP contribution >= 0.6 is 11.6 Å². The number of pyridine rings is 1. The van der Waals surface area contributed by atoms with Crippen LogP contribution in [-0.4, -0.2) is 22.7 Å².